The maximum absolute atomic E-state index is 12.4. The molecule has 0 saturated heterocycles. The Morgan fingerprint density at radius 1 is 1.04 bits per heavy atom. The summed E-state index contributed by atoms with van der Waals surface area (Å²) in [6.45, 7) is 6.08. The molecule has 2 bridgehead atoms. The molecule has 1 aromatic carbocycles. The third kappa shape index (κ3) is 4.18. The number of hydrogen-bond acceptors (Lipinski definition) is 4. The Labute approximate surface area is 164 Å². The number of benzene rings is 1. The molecule has 0 heterocycles. The molecule has 7 heteroatoms. The number of rotatable bonds is 5. The van der Waals surface area contributed by atoms with Crippen LogP contribution in [0.25, 0.3) is 0 Å². The van der Waals surface area contributed by atoms with Crippen LogP contribution in [0.1, 0.15) is 32.8 Å². The van der Waals surface area contributed by atoms with Crippen LogP contribution >= 0.6 is 0 Å². The van der Waals surface area contributed by atoms with Crippen molar-refractivity contribution in [1.29, 1.82) is 0 Å². The average Bonchev–Trinajstić information content (AvgIpc) is 3.25. The molecular weight excluding hydrogens is 360 g/mol. The van der Waals surface area contributed by atoms with Gasteiger partial charge in [0.15, 0.2) is 6.61 Å². The largest absolute Gasteiger partial charge is 0.484 e. The monoisotopic (exact) mass is 386 g/mol. The van der Waals surface area contributed by atoms with Gasteiger partial charge in [0.25, 0.3) is 5.91 Å². The van der Waals surface area contributed by atoms with Gasteiger partial charge < -0.3 is 9.84 Å². The number of aliphatic carboxylic acids is 1. The summed E-state index contributed by atoms with van der Waals surface area (Å²) in [7, 11) is 0. The van der Waals surface area contributed by atoms with Gasteiger partial charge in [0.05, 0.1) is 11.8 Å². The zero-order chi connectivity index (χ0) is 20.5. The zero-order valence-corrected chi connectivity index (χ0v) is 16.3. The minimum Gasteiger partial charge on any atom is -0.484 e. The van der Waals surface area contributed by atoms with Crippen LogP contribution in [0.3, 0.4) is 0 Å². The van der Waals surface area contributed by atoms with Crippen LogP contribution in [0.2, 0.25) is 0 Å². The van der Waals surface area contributed by atoms with Crippen molar-refractivity contribution in [1.82, 2.24) is 10.9 Å². The van der Waals surface area contributed by atoms with Gasteiger partial charge in [-0.3, -0.25) is 25.2 Å². The topological polar surface area (TPSA) is 105 Å². The van der Waals surface area contributed by atoms with Crippen molar-refractivity contribution in [3.05, 3.63) is 42.0 Å². The third-order valence-electron chi connectivity index (χ3n) is 5.46. The number of hydrogen-bond donors (Lipinski definition) is 3. The van der Waals surface area contributed by atoms with E-state index in [4.69, 9.17) is 4.74 Å². The molecule has 2 aliphatic carbocycles. The first-order valence-corrected chi connectivity index (χ1v) is 9.40. The average molecular weight is 386 g/mol. The summed E-state index contributed by atoms with van der Waals surface area (Å²) in [5, 5.41) is 9.39. The van der Waals surface area contributed by atoms with E-state index in [1.54, 1.807) is 12.1 Å². The number of carboxylic acid groups (broad SMARTS) is 1. The maximum Gasteiger partial charge on any atom is 0.307 e. The summed E-state index contributed by atoms with van der Waals surface area (Å²) in [4.78, 5) is 35.8. The Hall–Kier alpha value is -2.83. The van der Waals surface area contributed by atoms with Crippen molar-refractivity contribution in [2.75, 3.05) is 6.61 Å². The molecule has 3 N–H and O–H groups in total. The second kappa shape index (κ2) is 7.66. The van der Waals surface area contributed by atoms with Crippen molar-refractivity contribution in [3.63, 3.8) is 0 Å². The summed E-state index contributed by atoms with van der Waals surface area (Å²) in [5.41, 5.74) is 5.83. The number of carbonyl (C=O) groups excluding carboxylic acids is 2. The van der Waals surface area contributed by atoms with Crippen molar-refractivity contribution in [2.24, 2.45) is 23.7 Å². The Morgan fingerprint density at radius 2 is 1.64 bits per heavy atom. The Bertz CT molecular complexity index is 794. The van der Waals surface area contributed by atoms with E-state index in [-0.39, 0.29) is 23.9 Å². The molecule has 7 nitrogen and oxygen atoms in total. The molecule has 150 valence electrons. The molecule has 28 heavy (non-hydrogen) atoms. The fraction of sp³-hybridized carbons (Fsp3) is 0.476. The molecule has 2 aliphatic rings. The van der Waals surface area contributed by atoms with Crippen LogP contribution in [0.4, 0.5) is 0 Å². The molecule has 2 amide bonds. The number of carboxylic acids is 1. The third-order valence-corrected chi connectivity index (χ3v) is 5.46. The smallest absolute Gasteiger partial charge is 0.307 e. The SMILES string of the molecule is CC(C)(C)c1ccc(OCC(=O)NNC(=O)[C@H]2[C@@H](C(=O)O)[C@H]3C=C[C@@H]2C3)cc1. The van der Waals surface area contributed by atoms with Crippen LogP contribution in [-0.2, 0) is 19.8 Å². The molecule has 0 unspecified atom stereocenters. The molecule has 1 aromatic rings. The van der Waals surface area contributed by atoms with E-state index in [0.29, 0.717) is 12.2 Å². The van der Waals surface area contributed by atoms with Crippen molar-refractivity contribution in [3.8, 4) is 5.75 Å². The van der Waals surface area contributed by atoms with Gasteiger partial charge in [-0.2, -0.15) is 0 Å². The second-order valence-corrected chi connectivity index (χ2v) is 8.44. The first-order valence-electron chi connectivity index (χ1n) is 9.40. The van der Waals surface area contributed by atoms with E-state index >= 15 is 0 Å². The summed E-state index contributed by atoms with van der Waals surface area (Å²) in [5.74, 6) is -3.05. The van der Waals surface area contributed by atoms with Crippen LogP contribution in [0, 0.1) is 23.7 Å². The molecule has 0 aliphatic heterocycles. The van der Waals surface area contributed by atoms with Crippen LogP contribution in [-0.4, -0.2) is 29.5 Å². The van der Waals surface area contributed by atoms with E-state index in [2.05, 4.69) is 31.6 Å². The van der Waals surface area contributed by atoms with Gasteiger partial charge in [0.2, 0.25) is 5.91 Å². The quantitative estimate of drug-likeness (QED) is 0.531. The molecule has 1 saturated carbocycles. The van der Waals surface area contributed by atoms with Gasteiger partial charge in [-0.15, -0.1) is 0 Å². The summed E-state index contributed by atoms with van der Waals surface area (Å²) < 4.78 is 5.43. The van der Waals surface area contributed by atoms with Crippen LogP contribution in [0.15, 0.2) is 36.4 Å². The van der Waals surface area contributed by atoms with Crippen molar-refractivity contribution >= 4 is 17.8 Å². The molecule has 3 rings (SSSR count). The predicted octanol–water partition coefficient (Wildman–Crippen LogP) is 2.03. The normalized spacial score (nSPS) is 25.4. The highest BCUT2D eigenvalue weighted by Gasteiger charge is 2.51. The number of nitrogens with one attached hydrogen (secondary N) is 2. The number of ether oxygens (including phenoxy) is 1. The first kappa shape index (κ1) is 19.9. The molecule has 0 radical (unpaired) electrons. The van der Waals surface area contributed by atoms with Gasteiger partial charge in [0, 0.05) is 0 Å². The lowest BCUT2D eigenvalue weighted by Gasteiger charge is -2.23. The Morgan fingerprint density at radius 3 is 2.21 bits per heavy atom. The van der Waals surface area contributed by atoms with Gasteiger partial charge in [0.1, 0.15) is 5.75 Å². The number of amides is 2. The Kier molecular flexibility index (Phi) is 5.45. The summed E-state index contributed by atoms with van der Waals surface area (Å²) in [6.07, 6.45) is 4.42. The highest BCUT2D eigenvalue weighted by molar-refractivity contribution is 5.88. The number of fused-ring (bicyclic) bond motifs is 2. The van der Waals surface area contributed by atoms with Crippen molar-refractivity contribution < 1.29 is 24.2 Å². The molecule has 0 spiro atoms. The van der Waals surface area contributed by atoms with E-state index in [9.17, 15) is 19.5 Å². The van der Waals surface area contributed by atoms with E-state index in [1.807, 2.05) is 24.3 Å². The van der Waals surface area contributed by atoms with E-state index in [0.717, 1.165) is 5.56 Å². The number of hydrazine groups is 1. The van der Waals surface area contributed by atoms with Crippen LogP contribution < -0.4 is 15.6 Å². The maximum atomic E-state index is 12.4. The lowest BCUT2D eigenvalue weighted by atomic mass is 9.82. The fourth-order valence-corrected chi connectivity index (χ4v) is 3.97. The lowest BCUT2D eigenvalue weighted by molar-refractivity contribution is -0.148. The first-order chi connectivity index (χ1) is 13.2. The lowest BCUT2D eigenvalue weighted by Crippen LogP contribution is -2.49. The fourth-order valence-electron chi connectivity index (χ4n) is 3.97. The second-order valence-electron chi connectivity index (χ2n) is 8.44. The summed E-state index contributed by atoms with van der Waals surface area (Å²) in [6, 6.07) is 7.49. The van der Waals surface area contributed by atoms with Gasteiger partial charge in [-0.25, -0.2) is 0 Å². The summed E-state index contributed by atoms with van der Waals surface area (Å²) >= 11 is 0. The van der Waals surface area contributed by atoms with Gasteiger partial charge in [-0.1, -0.05) is 45.1 Å². The highest BCUT2D eigenvalue weighted by atomic mass is 16.5. The van der Waals surface area contributed by atoms with E-state index < -0.39 is 29.6 Å². The van der Waals surface area contributed by atoms with E-state index in [1.165, 1.54) is 0 Å². The minimum atomic E-state index is -0.981. The standard InChI is InChI=1S/C21H26N2O5/c1-21(2,3)14-6-8-15(9-7-14)28-11-16(24)22-23-19(25)17-12-4-5-13(10-12)18(17)20(26)27/h4-9,12-13,17-18H,10-11H2,1-3H3,(H,22,24)(H,23,25)(H,26,27)/t12-,13+,17-,18+/m1/s1. The molecular formula is C21H26N2O5. The number of carbonyl (C=O) groups is 3. The Balaban J connectivity index is 1.47. The number of allylic oxidation sites excluding steroid dienone is 2. The van der Waals surface area contributed by atoms with Gasteiger partial charge >= 0.3 is 5.97 Å². The molecule has 0 aromatic heterocycles. The van der Waals surface area contributed by atoms with Gasteiger partial charge in [-0.05, 0) is 41.4 Å². The van der Waals surface area contributed by atoms with Crippen LogP contribution in [0.5, 0.6) is 5.75 Å². The molecule has 1 fully saturated rings. The zero-order valence-electron chi connectivity index (χ0n) is 16.3. The highest BCUT2D eigenvalue weighted by Crippen LogP contribution is 2.48. The minimum absolute atomic E-state index is 0.0306. The predicted molar refractivity (Wildman–Crippen MR) is 102 cm³/mol. The van der Waals surface area contributed by atoms with Crippen molar-refractivity contribution in [2.45, 2.75) is 32.6 Å². The molecule has 4 atom stereocenters.